The number of benzene rings is 2. The molecule has 1 amide bonds. The minimum atomic E-state index is -0.622. The van der Waals surface area contributed by atoms with Gasteiger partial charge in [-0.05, 0) is 43.9 Å². The molecule has 5 heteroatoms. The predicted molar refractivity (Wildman–Crippen MR) is 91.6 cm³/mol. The standard InChI is InChI=1S/C18H24N2O3/c1-13(18(22)19-11-16(21)12-20(2)3)23-17-9-8-14-6-4-5-7-15(14)10-17/h4-10,13,16,21H,11-12H2,1-3H3,(H,19,22). The number of likely N-dealkylation sites (N-methyl/N-ethyl adjacent to an activating group) is 1. The summed E-state index contributed by atoms with van der Waals surface area (Å²) < 4.78 is 5.69. The van der Waals surface area contributed by atoms with Gasteiger partial charge in [0.15, 0.2) is 6.10 Å². The second-order valence-electron chi connectivity index (χ2n) is 5.93. The number of carbonyl (C=O) groups excluding carboxylic acids is 1. The van der Waals surface area contributed by atoms with Gasteiger partial charge in [0.2, 0.25) is 0 Å². The van der Waals surface area contributed by atoms with Crippen LogP contribution in [0.4, 0.5) is 0 Å². The van der Waals surface area contributed by atoms with Crippen LogP contribution in [0.5, 0.6) is 5.75 Å². The molecule has 2 atom stereocenters. The number of nitrogens with zero attached hydrogens (tertiary/aromatic N) is 1. The summed E-state index contributed by atoms with van der Waals surface area (Å²) in [5, 5.41) is 14.7. The van der Waals surface area contributed by atoms with E-state index in [1.165, 1.54) is 0 Å². The van der Waals surface area contributed by atoms with Crippen LogP contribution >= 0.6 is 0 Å². The molecule has 0 saturated heterocycles. The number of carbonyl (C=O) groups is 1. The van der Waals surface area contributed by atoms with Crippen LogP contribution in [0.1, 0.15) is 6.92 Å². The molecule has 2 N–H and O–H groups in total. The second kappa shape index (κ2) is 7.94. The summed E-state index contributed by atoms with van der Waals surface area (Å²) in [4.78, 5) is 13.9. The fourth-order valence-corrected chi connectivity index (χ4v) is 2.35. The number of aliphatic hydroxyl groups is 1. The molecule has 0 radical (unpaired) electrons. The van der Waals surface area contributed by atoms with E-state index in [1.807, 2.05) is 61.5 Å². The zero-order chi connectivity index (χ0) is 16.8. The van der Waals surface area contributed by atoms with Crippen molar-refractivity contribution in [2.24, 2.45) is 0 Å². The highest BCUT2D eigenvalue weighted by atomic mass is 16.5. The van der Waals surface area contributed by atoms with Crippen molar-refractivity contribution < 1.29 is 14.6 Å². The van der Waals surface area contributed by atoms with E-state index in [4.69, 9.17) is 4.74 Å². The first-order valence-corrected chi connectivity index (χ1v) is 7.71. The van der Waals surface area contributed by atoms with Gasteiger partial charge in [-0.2, -0.15) is 0 Å². The summed E-state index contributed by atoms with van der Waals surface area (Å²) in [5.41, 5.74) is 0. The summed E-state index contributed by atoms with van der Waals surface area (Å²) in [6.07, 6.45) is -1.22. The molecule has 0 saturated carbocycles. The normalized spacial score (nSPS) is 13.8. The molecule has 2 unspecified atom stereocenters. The van der Waals surface area contributed by atoms with E-state index in [9.17, 15) is 9.90 Å². The Morgan fingerprint density at radius 2 is 1.91 bits per heavy atom. The molecule has 0 aromatic heterocycles. The number of hydrogen-bond donors (Lipinski definition) is 2. The van der Waals surface area contributed by atoms with Gasteiger partial charge >= 0.3 is 0 Å². The molecule has 0 heterocycles. The number of amides is 1. The molecule has 0 bridgehead atoms. The maximum atomic E-state index is 12.0. The Balaban J connectivity index is 1.89. The van der Waals surface area contributed by atoms with Gasteiger partial charge in [0.1, 0.15) is 5.75 Å². The van der Waals surface area contributed by atoms with E-state index in [-0.39, 0.29) is 12.5 Å². The highest BCUT2D eigenvalue weighted by molar-refractivity contribution is 5.84. The van der Waals surface area contributed by atoms with Crippen molar-refractivity contribution in [1.82, 2.24) is 10.2 Å². The zero-order valence-electron chi connectivity index (χ0n) is 13.8. The van der Waals surface area contributed by atoms with Crippen molar-refractivity contribution in [3.63, 3.8) is 0 Å². The Hall–Kier alpha value is -2.11. The van der Waals surface area contributed by atoms with Crippen molar-refractivity contribution in [3.05, 3.63) is 42.5 Å². The minimum Gasteiger partial charge on any atom is -0.481 e. The third kappa shape index (κ3) is 5.23. The molecular formula is C18H24N2O3. The predicted octanol–water partition coefficient (Wildman–Crippen LogP) is 1.65. The quantitative estimate of drug-likeness (QED) is 0.815. The molecule has 0 fully saturated rings. The molecule has 0 aliphatic rings. The Labute approximate surface area is 136 Å². The van der Waals surface area contributed by atoms with Gasteiger partial charge in [0.05, 0.1) is 6.10 Å². The van der Waals surface area contributed by atoms with Crippen LogP contribution in [0.25, 0.3) is 10.8 Å². The summed E-state index contributed by atoms with van der Waals surface area (Å²) in [6, 6.07) is 13.7. The summed E-state index contributed by atoms with van der Waals surface area (Å²) in [5.74, 6) is 0.413. The van der Waals surface area contributed by atoms with E-state index in [0.717, 1.165) is 10.8 Å². The minimum absolute atomic E-state index is 0.211. The van der Waals surface area contributed by atoms with Crippen LogP contribution in [-0.2, 0) is 4.79 Å². The lowest BCUT2D eigenvalue weighted by atomic mass is 10.1. The summed E-state index contributed by atoms with van der Waals surface area (Å²) >= 11 is 0. The third-order valence-corrected chi connectivity index (χ3v) is 3.49. The lowest BCUT2D eigenvalue weighted by Gasteiger charge is -2.19. The van der Waals surface area contributed by atoms with E-state index in [2.05, 4.69) is 5.32 Å². The fraction of sp³-hybridized carbons (Fsp3) is 0.389. The van der Waals surface area contributed by atoms with Gasteiger partial charge in [0, 0.05) is 13.1 Å². The molecule has 124 valence electrons. The van der Waals surface area contributed by atoms with Crippen LogP contribution in [0.3, 0.4) is 0 Å². The molecule has 2 aromatic carbocycles. The SMILES string of the molecule is CC(Oc1ccc2ccccc2c1)C(=O)NCC(O)CN(C)C. The maximum Gasteiger partial charge on any atom is 0.260 e. The molecule has 0 aliphatic heterocycles. The van der Waals surface area contributed by atoms with E-state index in [1.54, 1.807) is 6.92 Å². The first-order chi connectivity index (χ1) is 11.0. The average Bonchev–Trinajstić information content (AvgIpc) is 2.51. The van der Waals surface area contributed by atoms with Crippen LogP contribution in [-0.4, -0.2) is 55.3 Å². The van der Waals surface area contributed by atoms with Crippen molar-refractivity contribution >= 4 is 16.7 Å². The first-order valence-electron chi connectivity index (χ1n) is 7.71. The Kier molecular flexibility index (Phi) is 5.96. The third-order valence-electron chi connectivity index (χ3n) is 3.49. The fourth-order valence-electron chi connectivity index (χ4n) is 2.35. The monoisotopic (exact) mass is 316 g/mol. The van der Waals surface area contributed by atoms with Crippen LogP contribution in [0.2, 0.25) is 0 Å². The number of rotatable bonds is 7. The van der Waals surface area contributed by atoms with Crippen molar-refractivity contribution in [2.45, 2.75) is 19.1 Å². The molecule has 23 heavy (non-hydrogen) atoms. The highest BCUT2D eigenvalue weighted by Gasteiger charge is 2.16. The Morgan fingerprint density at radius 3 is 2.61 bits per heavy atom. The van der Waals surface area contributed by atoms with E-state index < -0.39 is 12.2 Å². The molecular weight excluding hydrogens is 292 g/mol. The van der Waals surface area contributed by atoms with E-state index >= 15 is 0 Å². The van der Waals surface area contributed by atoms with Crippen LogP contribution in [0.15, 0.2) is 42.5 Å². The average molecular weight is 316 g/mol. The van der Waals surface area contributed by atoms with Crippen molar-refractivity contribution in [2.75, 3.05) is 27.2 Å². The van der Waals surface area contributed by atoms with Crippen molar-refractivity contribution in [1.29, 1.82) is 0 Å². The molecule has 2 aromatic rings. The van der Waals surface area contributed by atoms with Gasteiger partial charge in [-0.15, -0.1) is 0 Å². The van der Waals surface area contributed by atoms with Gasteiger partial charge in [-0.3, -0.25) is 4.79 Å². The number of aliphatic hydroxyl groups excluding tert-OH is 1. The summed E-state index contributed by atoms with van der Waals surface area (Å²) in [6.45, 7) is 2.41. The number of fused-ring (bicyclic) bond motifs is 1. The van der Waals surface area contributed by atoms with Gasteiger partial charge in [-0.1, -0.05) is 30.3 Å². The number of hydrogen-bond acceptors (Lipinski definition) is 4. The lowest BCUT2D eigenvalue weighted by molar-refractivity contribution is -0.127. The topological polar surface area (TPSA) is 61.8 Å². The molecule has 2 rings (SSSR count). The molecule has 0 spiro atoms. The van der Waals surface area contributed by atoms with Crippen LogP contribution < -0.4 is 10.1 Å². The smallest absolute Gasteiger partial charge is 0.260 e. The zero-order valence-corrected chi connectivity index (χ0v) is 13.8. The van der Waals surface area contributed by atoms with Crippen LogP contribution in [0, 0.1) is 0 Å². The van der Waals surface area contributed by atoms with Gasteiger partial charge in [-0.25, -0.2) is 0 Å². The van der Waals surface area contributed by atoms with Gasteiger partial charge in [0.25, 0.3) is 5.91 Å². The summed E-state index contributed by atoms with van der Waals surface area (Å²) in [7, 11) is 3.74. The Morgan fingerprint density at radius 1 is 1.22 bits per heavy atom. The van der Waals surface area contributed by atoms with E-state index in [0.29, 0.717) is 12.3 Å². The molecule has 0 aliphatic carbocycles. The van der Waals surface area contributed by atoms with Gasteiger partial charge < -0.3 is 20.1 Å². The number of ether oxygens (including phenoxy) is 1. The lowest BCUT2D eigenvalue weighted by Crippen LogP contribution is -2.42. The molecule has 5 nitrogen and oxygen atoms in total. The Bertz CT molecular complexity index is 658. The second-order valence-corrected chi connectivity index (χ2v) is 5.93. The largest absolute Gasteiger partial charge is 0.481 e. The van der Waals surface area contributed by atoms with Crippen molar-refractivity contribution in [3.8, 4) is 5.75 Å². The first kappa shape index (κ1) is 17.2. The maximum absolute atomic E-state index is 12.0. The highest BCUT2D eigenvalue weighted by Crippen LogP contribution is 2.21. The number of nitrogens with one attached hydrogen (secondary N) is 1.